The van der Waals surface area contributed by atoms with Gasteiger partial charge < -0.3 is 14.0 Å². The van der Waals surface area contributed by atoms with Crippen molar-refractivity contribution in [3.63, 3.8) is 0 Å². The van der Waals surface area contributed by atoms with Crippen molar-refractivity contribution in [2.75, 3.05) is 13.7 Å². The van der Waals surface area contributed by atoms with Crippen LogP contribution in [0.4, 0.5) is 0 Å². The number of ether oxygens (including phenoxy) is 2. The summed E-state index contributed by atoms with van der Waals surface area (Å²) in [5, 5.41) is 0. The highest BCUT2D eigenvalue weighted by atomic mass is 32.4. The van der Waals surface area contributed by atoms with E-state index >= 15 is 0 Å². The van der Waals surface area contributed by atoms with Crippen LogP contribution in [0, 0.1) is 0 Å². The fourth-order valence-corrected chi connectivity index (χ4v) is 3.06. The van der Waals surface area contributed by atoms with E-state index in [0.29, 0.717) is 21.2 Å². The molecule has 0 amide bonds. The molecule has 1 aliphatic heterocycles. The molecule has 1 saturated heterocycles. The molecule has 6 heteroatoms. The fourth-order valence-electron chi connectivity index (χ4n) is 1.48. The third-order valence-corrected chi connectivity index (χ3v) is 4.34. The van der Waals surface area contributed by atoms with Crippen molar-refractivity contribution >= 4 is 25.4 Å². The lowest BCUT2D eigenvalue weighted by Crippen LogP contribution is -2.27. The van der Waals surface area contributed by atoms with E-state index in [-0.39, 0.29) is 12.2 Å². The Labute approximate surface area is 85.3 Å². The standard InChI is InChI=1S/C7H17O3P3/c1-5-3-6(8-2)7(10-5)4-9-12-13-11/h5-7,12-13H,3-4,11H2,1-2H3/t5-,6+,7+/m0/s1. The molecule has 0 aromatic carbocycles. The Morgan fingerprint density at radius 2 is 2.38 bits per heavy atom. The van der Waals surface area contributed by atoms with Gasteiger partial charge in [0, 0.05) is 22.0 Å². The van der Waals surface area contributed by atoms with Crippen molar-refractivity contribution in [2.24, 2.45) is 0 Å². The van der Waals surface area contributed by atoms with Crippen LogP contribution in [0.5, 0.6) is 0 Å². The summed E-state index contributed by atoms with van der Waals surface area (Å²) < 4.78 is 16.4. The molecule has 1 rings (SSSR count). The van der Waals surface area contributed by atoms with Crippen molar-refractivity contribution in [3.05, 3.63) is 0 Å². The maximum Gasteiger partial charge on any atom is 0.108 e. The first-order valence-electron chi connectivity index (χ1n) is 4.28. The Morgan fingerprint density at radius 1 is 1.62 bits per heavy atom. The lowest BCUT2D eigenvalue weighted by Gasteiger charge is -2.16. The van der Waals surface area contributed by atoms with E-state index in [2.05, 4.69) is 15.9 Å². The summed E-state index contributed by atoms with van der Waals surface area (Å²) in [5.41, 5.74) is 0. The van der Waals surface area contributed by atoms with Crippen LogP contribution in [0.2, 0.25) is 0 Å². The van der Waals surface area contributed by atoms with Crippen molar-refractivity contribution < 1.29 is 14.0 Å². The normalized spacial score (nSPS) is 35.8. The molecule has 3 unspecified atom stereocenters. The first kappa shape index (κ1) is 12.2. The van der Waals surface area contributed by atoms with Crippen LogP contribution < -0.4 is 0 Å². The second-order valence-electron chi connectivity index (χ2n) is 3.05. The van der Waals surface area contributed by atoms with Crippen LogP contribution in [0.15, 0.2) is 0 Å². The second kappa shape index (κ2) is 6.62. The summed E-state index contributed by atoms with van der Waals surface area (Å²) in [6.45, 7) is 2.74. The lowest BCUT2D eigenvalue weighted by atomic mass is 10.1. The molecular formula is C7H17O3P3. The number of methoxy groups -OCH3 is 1. The van der Waals surface area contributed by atoms with Crippen molar-refractivity contribution in [3.8, 4) is 0 Å². The zero-order chi connectivity index (χ0) is 9.68. The minimum absolute atomic E-state index is 0.133. The Morgan fingerprint density at radius 3 is 3.00 bits per heavy atom. The van der Waals surface area contributed by atoms with E-state index in [1.165, 1.54) is 0 Å². The molecular weight excluding hydrogens is 225 g/mol. The molecule has 0 saturated carbocycles. The number of hydrogen-bond donors (Lipinski definition) is 0. The highest BCUT2D eigenvalue weighted by Crippen LogP contribution is 2.44. The topological polar surface area (TPSA) is 27.7 Å². The van der Waals surface area contributed by atoms with Gasteiger partial charge in [-0.3, -0.25) is 0 Å². The van der Waals surface area contributed by atoms with Gasteiger partial charge in [-0.25, -0.2) is 0 Å². The maximum absolute atomic E-state index is 5.66. The summed E-state index contributed by atoms with van der Waals surface area (Å²) in [6, 6.07) is 0. The van der Waals surface area contributed by atoms with Crippen LogP contribution in [0.1, 0.15) is 13.3 Å². The van der Waals surface area contributed by atoms with E-state index in [1.54, 1.807) is 7.11 Å². The molecule has 0 radical (unpaired) electrons. The van der Waals surface area contributed by atoms with Crippen LogP contribution in [0.3, 0.4) is 0 Å². The van der Waals surface area contributed by atoms with E-state index in [0.717, 1.165) is 14.4 Å². The van der Waals surface area contributed by atoms with E-state index in [4.69, 9.17) is 14.0 Å². The highest BCUT2D eigenvalue weighted by molar-refractivity contribution is 8.37. The zero-order valence-corrected chi connectivity index (χ0v) is 11.1. The van der Waals surface area contributed by atoms with Crippen molar-refractivity contribution in [2.45, 2.75) is 31.7 Å². The first-order chi connectivity index (χ1) is 6.27. The molecule has 3 nitrogen and oxygen atoms in total. The van der Waals surface area contributed by atoms with Gasteiger partial charge in [0.15, 0.2) is 0 Å². The highest BCUT2D eigenvalue weighted by Gasteiger charge is 2.32. The van der Waals surface area contributed by atoms with Crippen LogP contribution in [0.25, 0.3) is 0 Å². The monoisotopic (exact) mass is 242 g/mol. The minimum Gasteiger partial charge on any atom is -0.379 e. The summed E-state index contributed by atoms with van der Waals surface area (Å²) in [6.07, 6.45) is 1.64. The van der Waals surface area contributed by atoms with Crippen LogP contribution in [-0.2, 0) is 14.0 Å². The molecule has 0 aromatic rings. The average Bonchev–Trinajstić information content (AvgIpc) is 2.47. The molecule has 0 aliphatic carbocycles. The first-order valence-corrected chi connectivity index (χ1v) is 9.00. The average molecular weight is 242 g/mol. The van der Waals surface area contributed by atoms with E-state index in [1.807, 2.05) is 0 Å². The molecule has 6 atom stereocenters. The summed E-state index contributed by atoms with van der Waals surface area (Å²) >= 11 is 0. The smallest absolute Gasteiger partial charge is 0.108 e. The second-order valence-corrected chi connectivity index (χ2v) is 7.91. The van der Waals surface area contributed by atoms with Gasteiger partial charge in [0.25, 0.3) is 0 Å². The lowest BCUT2D eigenvalue weighted by molar-refractivity contribution is -0.0216. The molecule has 78 valence electrons. The third-order valence-electron chi connectivity index (χ3n) is 2.07. The molecule has 0 N–H and O–H groups in total. The number of hydrogen-bond acceptors (Lipinski definition) is 3. The third kappa shape index (κ3) is 4.04. The molecule has 1 heterocycles. The van der Waals surface area contributed by atoms with Gasteiger partial charge in [0.05, 0.1) is 18.8 Å². The van der Waals surface area contributed by atoms with Gasteiger partial charge in [-0.2, -0.15) is 0 Å². The van der Waals surface area contributed by atoms with Gasteiger partial charge >= 0.3 is 0 Å². The predicted octanol–water partition coefficient (Wildman–Crippen LogP) is 2.17. The molecule has 0 bridgehead atoms. The van der Waals surface area contributed by atoms with Gasteiger partial charge in [-0.1, -0.05) is 7.96 Å². The summed E-state index contributed by atoms with van der Waals surface area (Å²) in [4.78, 5) is 0. The molecule has 1 aliphatic rings. The van der Waals surface area contributed by atoms with E-state index in [9.17, 15) is 0 Å². The summed E-state index contributed by atoms with van der Waals surface area (Å²) in [7, 11) is 5.79. The number of rotatable bonds is 5. The maximum atomic E-state index is 5.66. The fraction of sp³-hybridized carbons (Fsp3) is 1.00. The van der Waals surface area contributed by atoms with Gasteiger partial charge in [-0.15, -0.1) is 8.93 Å². The minimum atomic E-state index is 0.133. The Balaban J connectivity index is 2.23. The SMILES string of the molecule is CO[C@@H]1C[C@H](C)O[C@@H]1COPPP. The largest absolute Gasteiger partial charge is 0.379 e. The van der Waals surface area contributed by atoms with E-state index < -0.39 is 0 Å². The van der Waals surface area contributed by atoms with Gasteiger partial charge in [0.2, 0.25) is 0 Å². The van der Waals surface area contributed by atoms with Crippen LogP contribution >= 0.6 is 25.4 Å². The van der Waals surface area contributed by atoms with Gasteiger partial charge in [0.1, 0.15) is 6.10 Å². The Hall–Kier alpha value is 1.17. The molecule has 1 fully saturated rings. The zero-order valence-electron chi connectivity index (χ0n) is 7.95. The molecule has 0 spiro atoms. The molecule has 13 heavy (non-hydrogen) atoms. The van der Waals surface area contributed by atoms with Crippen molar-refractivity contribution in [1.29, 1.82) is 0 Å². The molecule has 0 aromatic heterocycles. The summed E-state index contributed by atoms with van der Waals surface area (Å²) in [5.74, 6) is 0. The Kier molecular flexibility index (Phi) is 6.23. The van der Waals surface area contributed by atoms with Crippen LogP contribution in [-0.4, -0.2) is 32.0 Å². The quantitative estimate of drug-likeness (QED) is 0.546. The van der Waals surface area contributed by atoms with Crippen molar-refractivity contribution in [1.82, 2.24) is 0 Å². The Bertz CT molecular complexity index is 147. The van der Waals surface area contributed by atoms with Gasteiger partial charge in [-0.05, 0) is 6.92 Å². The predicted molar refractivity (Wildman–Crippen MR) is 62.0 cm³/mol.